The number of phosphoric acid groups is 1. The SMILES string of the molecule is COc1ccc(C(OC[C@H]2O[C@@H](n3cnc4c(=O)[nH]c(NC(=O)Cc5ccccc5)nc43)C[C@@H]2OP(=O)(OCCC#N)OCCC#N)(c2ccccc2)c2ccc(OC)cc2)cc1. The zero-order chi connectivity index (χ0) is 44.2. The van der Waals surface area contributed by atoms with E-state index in [1.807, 2.05) is 121 Å². The second-order valence-corrected chi connectivity index (χ2v) is 15.8. The zero-order valence-electron chi connectivity index (χ0n) is 34.4. The summed E-state index contributed by atoms with van der Waals surface area (Å²) in [5, 5.41) is 21.1. The van der Waals surface area contributed by atoms with Crippen molar-refractivity contribution < 1.29 is 41.9 Å². The number of methoxy groups -OCH3 is 2. The van der Waals surface area contributed by atoms with E-state index in [1.165, 1.54) is 10.9 Å². The third kappa shape index (κ3) is 10.3. The summed E-state index contributed by atoms with van der Waals surface area (Å²) >= 11 is 0. The minimum Gasteiger partial charge on any atom is -0.497 e. The molecular weight excluding hydrogens is 830 g/mol. The number of ether oxygens (including phenoxy) is 4. The largest absolute Gasteiger partial charge is 0.497 e. The molecule has 2 aromatic heterocycles. The number of H-pyrrole nitrogens is 1. The molecule has 3 heterocycles. The lowest BCUT2D eigenvalue weighted by Crippen LogP contribution is -2.38. The molecule has 1 amide bonds. The first-order chi connectivity index (χ1) is 30.7. The van der Waals surface area contributed by atoms with Gasteiger partial charge in [0.05, 0.1) is 71.8 Å². The van der Waals surface area contributed by atoms with Gasteiger partial charge < -0.3 is 18.9 Å². The number of nitrogens with one attached hydrogen (secondary N) is 2. The van der Waals surface area contributed by atoms with Crippen LogP contribution in [0.5, 0.6) is 11.5 Å². The van der Waals surface area contributed by atoms with Gasteiger partial charge in [0.1, 0.15) is 35.5 Å². The topological polar surface area (TPSA) is 222 Å². The number of nitriles is 2. The number of hydrogen-bond donors (Lipinski definition) is 2. The van der Waals surface area contributed by atoms with E-state index in [0.29, 0.717) is 11.5 Å². The second-order valence-electron chi connectivity index (χ2n) is 14.2. The van der Waals surface area contributed by atoms with Gasteiger partial charge in [0.2, 0.25) is 11.9 Å². The molecule has 63 heavy (non-hydrogen) atoms. The molecule has 1 aliphatic heterocycles. The standard InChI is InChI=1S/C45H44N7O10P/c1-56-35-19-15-33(16-20-35)45(32-13-7-4-8-14-32,34-17-21-36(57-2)22-18-34)58-29-38-37(62-63(55,59-25-9-23-46)60-26-10-24-47)28-40(61-38)52-30-48-41-42(52)50-44(51-43(41)54)49-39(53)27-31-11-5-3-6-12-31/h3-8,11-22,30,37-38,40H,9-10,25-29H2,1-2H3,(H2,49,50,51,53,54)/t37-,38+,40+/m0/s1. The van der Waals surface area contributed by atoms with E-state index in [-0.39, 0.29) is 62.6 Å². The Hall–Kier alpha value is -6.69. The Morgan fingerprint density at radius 2 is 1.44 bits per heavy atom. The Balaban J connectivity index is 1.27. The van der Waals surface area contributed by atoms with Gasteiger partial charge in [0.25, 0.3) is 5.56 Å². The van der Waals surface area contributed by atoms with Gasteiger partial charge >= 0.3 is 7.82 Å². The predicted molar refractivity (Wildman–Crippen MR) is 229 cm³/mol. The lowest BCUT2D eigenvalue weighted by atomic mass is 9.80. The summed E-state index contributed by atoms with van der Waals surface area (Å²) in [6, 6.07) is 37.5. The molecule has 4 aromatic carbocycles. The monoisotopic (exact) mass is 873 g/mol. The number of amides is 1. The lowest BCUT2D eigenvalue weighted by Gasteiger charge is -2.37. The van der Waals surface area contributed by atoms with E-state index < -0.39 is 43.3 Å². The summed E-state index contributed by atoms with van der Waals surface area (Å²) in [6.07, 6.45) is -1.85. The molecule has 0 bridgehead atoms. The Bertz CT molecular complexity index is 2590. The van der Waals surface area contributed by atoms with Crippen molar-refractivity contribution in [2.24, 2.45) is 0 Å². The maximum absolute atomic E-state index is 14.3. The van der Waals surface area contributed by atoms with Gasteiger partial charge in [-0.15, -0.1) is 0 Å². The number of rotatable bonds is 20. The number of carbonyl (C=O) groups is 1. The van der Waals surface area contributed by atoms with Gasteiger partial charge in [-0.2, -0.15) is 15.5 Å². The molecule has 1 saturated heterocycles. The first-order valence-electron chi connectivity index (χ1n) is 19.9. The van der Waals surface area contributed by atoms with Crippen LogP contribution in [0.15, 0.2) is 120 Å². The van der Waals surface area contributed by atoms with Gasteiger partial charge in [-0.05, 0) is 46.5 Å². The molecule has 1 aliphatic rings. The van der Waals surface area contributed by atoms with Gasteiger partial charge in [0, 0.05) is 6.42 Å². The van der Waals surface area contributed by atoms with Crippen molar-refractivity contribution in [3.05, 3.63) is 148 Å². The van der Waals surface area contributed by atoms with Crippen LogP contribution in [0.2, 0.25) is 0 Å². The van der Waals surface area contributed by atoms with Crippen LogP contribution < -0.4 is 20.3 Å². The normalized spacial score (nSPS) is 16.3. The highest BCUT2D eigenvalue weighted by molar-refractivity contribution is 7.48. The van der Waals surface area contributed by atoms with Crippen molar-refractivity contribution in [3.8, 4) is 23.6 Å². The molecule has 3 atom stereocenters. The van der Waals surface area contributed by atoms with E-state index >= 15 is 0 Å². The molecule has 0 spiro atoms. The van der Waals surface area contributed by atoms with Gasteiger partial charge in [0.15, 0.2) is 11.2 Å². The fourth-order valence-electron chi connectivity index (χ4n) is 7.24. The van der Waals surface area contributed by atoms with E-state index in [4.69, 9.17) is 32.5 Å². The van der Waals surface area contributed by atoms with Crippen molar-refractivity contribution in [2.75, 3.05) is 39.4 Å². The van der Waals surface area contributed by atoms with Gasteiger partial charge in [-0.25, -0.2) is 9.55 Å². The molecule has 18 heteroatoms. The van der Waals surface area contributed by atoms with Crippen molar-refractivity contribution in [1.82, 2.24) is 19.5 Å². The lowest BCUT2D eigenvalue weighted by molar-refractivity contribution is -0.115. The molecule has 0 saturated carbocycles. The third-order valence-electron chi connectivity index (χ3n) is 10.2. The van der Waals surface area contributed by atoms with Crippen LogP contribution in [-0.4, -0.2) is 71.7 Å². The summed E-state index contributed by atoms with van der Waals surface area (Å²) in [6.45, 7) is -0.740. The van der Waals surface area contributed by atoms with Crippen LogP contribution in [0.4, 0.5) is 5.95 Å². The van der Waals surface area contributed by atoms with E-state index in [2.05, 4.69) is 20.3 Å². The summed E-state index contributed by atoms with van der Waals surface area (Å²) in [5.74, 6) is 0.757. The number of anilines is 1. The number of phosphoric ester groups is 1. The number of benzene rings is 4. The van der Waals surface area contributed by atoms with Crippen molar-refractivity contribution in [1.29, 1.82) is 10.5 Å². The smallest absolute Gasteiger partial charge is 0.475 e. The molecule has 0 unspecified atom stereocenters. The summed E-state index contributed by atoms with van der Waals surface area (Å²) < 4.78 is 58.0. The molecule has 0 aliphatic carbocycles. The van der Waals surface area contributed by atoms with Crippen LogP contribution in [0.1, 0.15) is 47.7 Å². The number of carbonyl (C=O) groups excluding carboxylic acids is 1. The fourth-order valence-corrected chi connectivity index (χ4v) is 8.62. The number of aromatic amines is 1. The van der Waals surface area contributed by atoms with E-state index in [9.17, 15) is 24.7 Å². The minimum atomic E-state index is -4.44. The van der Waals surface area contributed by atoms with Gasteiger partial charge in [-0.3, -0.25) is 38.0 Å². The molecule has 7 rings (SSSR count). The van der Waals surface area contributed by atoms with Crippen molar-refractivity contribution >= 4 is 30.8 Å². The van der Waals surface area contributed by atoms with E-state index in [1.54, 1.807) is 14.2 Å². The van der Waals surface area contributed by atoms with E-state index in [0.717, 1.165) is 22.3 Å². The average molecular weight is 874 g/mol. The zero-order valence-corrected chi connectivity index (χ0v) is 35.3. The van der Waals surface area contributed by atoms with Crippen LogP contribution in [0.25, 0.3) is 11.2 Å². The molecule has 0 radical (unpaired) electrons. The highest BCUT2D eigenvalue weighted by Crippen LogP contribution is 2.54. The third-order valence-corrected chi connectivity index (χ3v) is 11.7. The van der Waals surface area contributed by atoms with Crippen LogP contribution in [-0.2, 0) is 44.4 Å². The average Bonchev–Trinajstić information content (AvgIpc) is 3.91. The first kappa shape index (κ1) is 44.4. The number of imidazole rings is 1. The molecule has 1 fully saturated rings. The molecule has 2 N–H and O–H groups in total. The Morgan fingerprint density at radius 3 is 2.02 bits per heavy atom. The Labute approximate surface area is 362 Å². The van der Waals surface area contributed by atoms with Gasteiger partial charge in [-0.1, -0.05) is 84.9 Å². The number of aromatic nitrogens is 4. The van der Waals surface area contributed by atoms with Crippen molar-refractivity contribution in [3.63, 3.8) is 0 Å². The Morgan fingerprint density at radius 1 is 0.873 bits per heavy atom. The highest BCUT2D eigenvalue weighted by atomic mass is 31.2. The Kier molecular flexibility index (Phi) is 14.4. The molecule has 324 valence electrons. The minimum absolute atomic E-state index is 0.0136. The molecule has 6 aromatic rings. The summed E-state index contributed by atoms with van der Waals surface area (Å²) in [7, 11) is -1.28. The maximum atomic E-state index is 14.3. The summed E-state index contributed by atoms with van der Waals surface area (Å²) in [5.41, 5.74) is 1.19. The molecule has 17 nitrogen and oxygen atoms in total. The second kappa shape index (κ2) is 20.5. The van der Waals surface area contributed by atoms with Crippen LogP contribution in [0, 0.1) is 22.7 Å². The van der Waals surface area contributed by atoms with Crippen molar-refractivity contribution in [2.45, 2.75) is 49.7 Å². The van der Waals surface area contributed by atoms with Crippen LogP contribution >= 0.6 is 7.82 Å². The highest BCUT2D eigenvalue weighted by Gasteiger charge is 2.46. The first-order valence-corrected chi connectivity index (χ1v) is 21.4. The summed E-state index contributed by atoms with van der Waals surface area (Å²) in [4.78, 5) is 37.7. The predicted octanol–water partition coefficient (Wildman–Crippen LogP) is 6.97. The molecular formula is C45H44N7O10P. The van der Waals surface area contributed by atoms with Crippen LogP contribution in [0.3, 0.4) is 0 Å². The quantitative estimate of drug-likeness (QED) is 0.0450. The number of nitrogens with zero attached hydrogens (tertiary/aromatic N) is 5. The maximum Gasteiger partial charge on any atom is 0.475 e. The number of fused-ring (bicyclic) bond motifs is 1. The fraction of sp³-hybridized carbons (Fsp3) is 0.289. The number of hydrogen-bond acceptors (Lipinski definition) is 14.